The van der Waals surface area contributed by atoms with E-state index in [9.17, 15) is 4.79 Å². The van der Waals surface area contributed by atoms with Gasteiger partial charge in [-0.2, -0.15) is 0 Å². The number of nitrogens with one attached hydrogen (secondary N) is 1. The number of benzene rings is 2. The Labute approximate surface area is 131 Å². The quantitative estimate of drug-likeness (QED) is 0.759. The number of carbonyl (C=O) groups is 1. The third-order valence-electron chi connectivity index (χ3n) is 2.96. The van der Waals surface area contributed by atoms with E-state index < -0.39 is 0 Å². The van der Waals surface area contributed by atoms with E-state index in [-0.39, 0.29) is 19.1 Å². The molecular weight excluding hydrogens is 300 g/mol. The molecule has 0 saturated carbocycles. The summed E-state index contributed by atoms with van der Waals surface area (Å²) in [7, 11) is 0. The molecule has 0 bridgehead atoms. The van der Waals surface area contributed by atoms with Gasteiger partial charge in [0.15, 0.2) is 5.01 Å². The fraction of sp³-hybridized carbons (Fsp3) is 0.125. The Balaban J connectivity index is 1.70. The van der Waals surface area contributed by atoms with Gasteiger partial charge in [0.05, 0.1) is 16.8 Å². The molecule has 6 heteroatoms. The molecule has 0 aliphatic rings. The van der Waals surface area contributed by atoms with Crippen LogP contribution in [0.15, 0.2) is 48.5 Å². The largest absolute Gasteiger partial charge is 0.491 e. The minimum Gasteiger partial charge on any atom is -0.491 e. The molecule has 1 heterocycles. The Kier molecular flexibility index (Phi) is 4.32. The number of hydrogen-bond donors (Lipinski definition) is 2. The molecular formula is C16H14N2O3S. The van der Waals surface area contributed by atoms with Crippen LogP contribution in [0.25, 0.3) is 10.2 Å². The fourth-order valence-electron chi connectivity index (χ4n) is 1.95. The van der Waals surface area contributed by atoms with E-state index in [1.165, 1.54) is 11.3 Å². The number of anilines is 1. The summed E-state index contributed by atoms with van der Waals surface area (Å²) in [4.78, 5) is 16.5. The van der Waals surface area contributed by atoms with Crippen molar-refractivity contribution in [1.29, 1.82) is 0 Å². The minimum absolute atomic E-state index is 0.0317. The lowest BCUT2D eigenvalue weighted by Gasteiger charge is -2.06. The monoisotopic (exact) mass is 314 g/mol. The first-order valence-corrected chi connectivity index (χ1v) is 7.58. The number of para-hydroxylation sites is 1. The molecule has 3 rings (SSSR count). The first-order chi connectivity index (χ1) is 10.8. The predicted molar refractivity (Wildman–Crippen MR) is 86.6 cm³/mol. The van der Waals surface area contributed by atoms with Gasteiger partial charge in [-0.05, 0) is 36.4 Å². The van der Waals surface area contributed by atoms with Crippen molar-refractivity contribution in [2.24, 2.45) is 0 Å². The number of rotatable bonds is 5. The van der Waals surface area contributed by atoms with Crippen LogP contribution in [-0.2, 0) is 0 Å². The van der Waals surface area contributed by atoms with E-state index in [1.54, 1.807) is 24.3 Å². The molecule has 0 radical (unpaired) electrons. The van der Waals surface area contributed by atoms with Gasteiger partial charge in [0.1, 0.15) is 12.4 Å². The highest BCUT2D eigenvalue weighted by Crippen LogP contribution is 2.23. The lowest BCUT2D eigenvalue weighted by atomic mass is 10.3. The van der Waals surface area contributed by atoms with Gasteiger partial charge in [-0.3, -0.25) is 4.79 Å². The maximum absolute atomic E-state index is 12.2. The first kappa shape index (κ1) is 14.5. The van der Waals surface area contributed by atoms with Gasteiger partial charge in [0.25, 0.3) is 5.91 Å². The number of amides is 1. The molecule has 0 spiro atoms. The standard InChI is InChI=1S/C16H14N2O3S/c19-9-10-21-12-7-5-11(6-8-12)17-15(20)16-18-13-3-1-2-4-14(13)22-16/h1-8,19H,9-10H2,(H,17,20). The Morgan fingerprint density at radius 3 is 2.68 bits per heavy atom. The molecule has 2 N–H and O–H groups in total. The van der Waals surface area contributed by atoms with Crippen LogP contribution in [0.5, 0.6) is 5.75 Å². The summed E-state index contributed by atoms with van der Waals surface area (Å²) in [5.41, 5.74) is 1.49. The number of ether oxygens (including phenoxy) is 1. The SMILES string of the molecule is O=C(Nc1ccc(OCCO)cc1)c1nc2ccccc2s1. The molecule has 2 aromatic carbocycles. The molecule has 112 valence electrons. The maximum atomic E-state index is 12.2. The molecule has 22 heavy (non-hydrogen) atoms. The van der Waals surface area contributed by atoms with Crippen LogP contribution in [0.2, 0.25) is 0 Å². The lowest BCUT2D eigenvalue weighted by molar-refractivity contribution is 0.102. The van der Waals surface area contributed by atoms with E-state index in [4.69, 9.17) is 9.84 Å². The zero-order valence-corrected chi connectivity index (χ0v) is 12.5. The summed E-state index contributed by atoms with van der Waals surface area (Å²) in [5.74, 6) is 0.414. The van der Waals surface area contributed by atoms with Crippen molar-refractivity contribution in [2.45, 2.75) is 0 Å². The molecule has 3 aromatic rings. The maximum Gasteiger partial charge on any atom is 0.284 e. The van der Waals surface area contributed by atoms with Crippen LogP contribution in [-0.4, -0.2) is 29.2 Å². The molecule has 1 amide bonds. The number of aliphatic hydroxyl groups excluding tert-OH is 1. The van der Waals surface area contributed by atoms with Gasteiger partial charge in [0.2, 0.25) is 0 Å². The number of thiazole rings is 1. The lowest BCUT2D eigenvalue weighted by Crippen LogP contribution is -2.11. The number of fused-ring (bicyclic) bond motifs is 1. The number of aromatic nitrogens is 1. The summed E-state index contributed by atoms with van der Waals surface area (Å²) in [6.45, 7) is 0.216. The highest BCUT2D eigenvalue weighted by molar-refractivity contribution is 7.20. The van der Waals surface area contributed by atoms with Gasteiger partial charge < -0.3 is 15.2 Å². The third-order valence-corrected chi connectivity index (χ3v) is 4.00. The first-order valence-electron chi connectivity index (χ1n) is 6.77. The summed E-state index contributed by atoms with van der Waals surface area (Å²) in [5, 5.41) is 11.9. The summed E-state index contributed by atoms with van der Waals surface area (Å²) in [6.07, 6.45) is 0. The topological polar surface area (TPSA) is 71.5 Å². The Morgan fingerprint density at radius 1 is 1.18 bits per heavy atom. The Hall–Kier alpha value is -2.44. The zero-order chi connectivity index (χ0) is 15.4. The minimum atomic E-state index is -0.231. The van der Waals surface area contributed by atoms with Gasteiger partial charge in [-0.1, -0.05) is 12.1 Å². The van der Waals surface area contributed by atoms with Crippen molar-refractivity contribution in [1.82, 2.24) is 4.98 Å². The van der Waals surface area contributed by atoms with Crippen LogP contribution in [0.3, 0.4) is 0 Å². The molecule has 0 atom stereocenters. The summed E-state index contributed by atoms with van der Waals surface area (Å²) >= 11 is 1.36. The van der Waals surface area contributed by atoms with Crippen LogP contribution >= 0.6 is 11.3 Å². The van der Waals surface area contributed by atoms with E-state index in [0.29, 0.717) is 16.4 Å². The molecule has 0 saturated heterocycles. The molecule has 0 aliphatic carbocycles. The number of aliphatic hydroxyl groups is 1. The second-order valence-corrected chi connectivity index (χ2v) is 5.57. The smallest absolute Gasteiger partial charge is 0.284 e. The van der Waals surface area contributed by atoms with Crippen molar-refractivity contribution >= 4 is 33.1 Å². The van der Waals surface area contributed by atoms with Crippen LogP contribution in [0.4, 0.5) is 5.69 Å². The van der Waals surface area contributed by atoms with E-state index >= 15 is 0 Å². The Bertz CT molecular complexity index is 750. The van der Waals surface area contributed by atoms with Crippen molar-refractivity contribution in [2.75, 3.05) is 18.5 Å². The third kappa shape index (κ3) is 3.24. The van der Waals surface area contributed by atoms with Gasteiger partial charge >= 0.3 is 0 Å². The summed E-state index contributed by atoms with van der Waals surface area (Å²) < 4.78 is 6.25. The van der Waals surface area contributed by atoms with E-state index in [2.05, 4.69) is 10.3 Å². The predicted octanol–water partition coefficient (Wildman–Crippen LogP) is 2.92. The van der Waals surface area contributed by atoms with Gasteiger partial charge in [-0.15, -0.1) is 11.3 Å². The van der Waals surface area contributed by atoms with Crippen molar-refractivity contribution in [3.05, 3.63) is 53.5 Å². The molecule has 5 nitrogen and oxygen atoms in total. The van der Waals surface area contributed by atoms with Crippen LogP contribution in [0.1, 0.15) is 9.80 Å². The van der Waals surface area contributed by atoms with Crippen molar-refractivity contribution in [3.63, 3.8) is 0 Å². The highest BCUT2D eigenvalue weighted by atomic mass is 32.1. The zero-order valence-electron chi connectivity index (χ0n) is 11.7. The normalized spacial score (nSPS) is 10.6. The second kappa shape index (κ2) is 6.55. The fourth-order valence-corrected chi connectivity index (χ4v) is 2.81. The number of carbonyl (C=O) groups excluding carboxylic acids is 1. The van der Waals surface area contributed by atoms with Gasteiger partial charge in [-0.25, -0.2) is 4.98 Å². The van der Waals surface area contributed by atoms with Gasteiger partial charge in [0, 0.05) is 5.69 Å². The average Bonchev–Trinajstić information content (AvgIpc) is 2.98. The molecule has 1 aromatic heterocycles. The number of nitrogens with zero attached hydrogens (tertiary/aromatic N) is 1. The molecule has 0 aliphatic heterocycles. The highest BCUT2D eigenvalue weighted by Gasteiger charge is 2.12. The second-order valence-electron chi connectivity index (χ2n) is 4.54. The van der Waals surface area contributed by atoms with E-state index in [0.717, 1.165) is 10.2 Å². The van der Waals surface area contributed by atoms with Crippen LogP contribution in [0, 0.1) is 0 Å². The molecule has 0 unspecified atom stereocenters. The van der Waals surface area contributed by atoms with Crippen LogP contribution < -0.4 is 10.1 Å². The molecule has 0 fully saturated rings. The van der Waals surface area contributed by atoms with E-state index in [1.807, 2.05) is 24.3 Å². The van der Waals surface area contributed by atoms with Crippen molar-refractivity contribution in [3.8, 4) is 5.75 Å². The number of hydrogen-bond acceptors (Lipinski definition) is 5. The van der Waals surface area contributed by atoms with Crippen molar-refractivity contribution < 1.29 is 14.6 Å². The summed E-state index contributed by atoms with van der Waals surface area (Å²) in [6, 6.07) is 14.6. The average molecular weight is 314 g/mol. The Morgan fingerprint density at radius 2 is 1.95 bits per heavy atom.